The molecular formula is C19H22N2O4S. The van der Waals surface area contributed by atoms with Gasteiger partial charge in [0.1, 0.15) is 0 Å². The molecular weight excluding hydrogens is 352 g/mol. The van der Waals surface area contributed by atoms with E-state index in [-0.39, 0.29) is 21.9 Å². The minimum absolute atomic E-state index is 0.0505. The topological polar surface area (TPSA) is 92.3 Å². The van der Waals surface area contributed by atoms with Gasteiger partial charge in [0.15, 0.2) is 0 Å². The first-order chi connectivity index (χ1) is 12.0. The maximum Gasteiger partial charge on any atom is 0.264 e. The largest absolute Gasteiger partial charge is 0.347 e. The highest BCUT2D eigenvalue weighted by molar-refractivity contribution is 7.90. The summed E-state index contributed by atoms with van der Waals surface area (Å²) in [5.41, 5.74) is 0.698. The van der Waals surface area contributed by atoms with E-state index in [2.05, 4.69) is 5.32 Å². The highest BCUT2D eigenvalue weighted by Gasteiger charge is 2.21. The van der Waals surface area contributed by atoms with Crippen LogP contribution in [0, 0.1) is 6.92 Å². The van der Waals surface area contributed by atoms with Gasteiger partial charge < -0.3 is 5.32 Å². The van der Waals surface area contributed by atoms with Gasteiger partial charge in [-0.2, -0.15) is 0 Å². The Balaban J connectivity index is 2.16. The molecule has 0 aliphatic rings. The van der Waals surface area contributed by atoms with Crippen LogP contribution < -0.4 is 10.0 Å². The number of carbonyl (C=O) groups excluding carboxylic acids is 2. The van der Waals surface area contributed by atoms with Crippen molar-refractivity contribution in [2.45, 2.75) is 38.1 Å². The Hall–Kier alpha value is -2.67. The third-order valence-electron chi connectivity index (χ3n) is 3.51. The number of sulfonamides is 1. The Morgan fingerprint density at radius 2 is 1.35 bits per heavy atom. The first-order valence-corrected chi connectivity index (χ1v) is 9.53. The summed E-state index contributed by atoms with van der Waals surface area (Å²) in [6.45, 7) is 7.25. The molecule has 0 heterocycles. The van der Waals surface area contributed by atoms with Crippen LogP contribution in [-0.4, -0.2) is 25.8 Å². The SMILES string of the molecule is Cc1ccccc1S(=O)(=O)NC(=O)c1ccc(C(=O)NC(C)(C)C)cc1. The smallest absolute Gasteiger partial charge is 0.264 e. The summed E-state index contributed by atoms with van der Waals surface area (Å²) in [4.78, 5) is 24.4. The van der Waals surface area contributed by atoms with E-state index in [1.165, 1.54) is 30.3 Å². The molecule has 2 aromatic carbocycles. The van der Waals surface area contributed by atoms with Gasteiger partial charge in [-0.15, -0.1) is 0 Å². The summed E-state index contributed by atoms with van der Waals surface area (Å²) in [6, 6.07) is 12.2. The molecule has 0 unspecified atom stereocenters. The van der Waals surface area contributed by atoms with E-state index in [0.717, 1.165) is 0 Å². The van der Waals surface area contributed by atoms with Crippen molar-refractivity contribution in [2.24, 2.45) is 0 Å². The number of rotatable bonds is 4. The average molecular weight is 374 g/mol. The number of amides is 2. The number of hydrogen-bond donors (Lipinski definition) is 2. The minimum atomic E-state index is -3.97. The first-order valence-electron chi connectivity index (χ1n) is 8.05. The predicted molar refractivity (Wildman–Crippen MR) is 99.5 cm³/mol. The summed E-state index contributed by atoms with van der Waals surface area (Å²) >= 11 is 0. The molecule has 2 N–H and O–H groups in total. The highest BCUT2D eigenvalue weighted by atomic mass is 32.2. The molecule has 0 aliphatic heterocycles. The molecule has 0 saturated carbocycles. The lowest BCUT2D eigenvalue weighted by molar-refractivity contribution is 0.0917. The van der Waals surface area contributed by atoms with Gasteiger partial charge in [-0.25, -0.2) is 13.1 Å². The van der Waals surface area contributed by atoms with Crippen LogP contribution in [0.4, 0.5) is 0 Å². The molecule has 0 spiro atoms. The second kappa shape index (κ2) is 7.29. The summed E-state index contributed by atoms with van der Waals surface area (Å²) in [7, 11) is -3.97. The maximum absolute atomic E-state index is 12.4. The number of hydrogen-bond acceptors (Lipinski definition) is 4. The van der Waals surface area contributed by atoms with Crippen molar-refractivity contribution >= 4 is 21.8 Å². The number of aryl methyl sites for hydroxylation is 1. The fourth-order valence-electron chi connectivity index (χ4n) is 2.28. The van der Waals surface area contributed by atoms with Crippen molar-refractivity contribution in [3.8, 4) is 0 Å². The Kier molecular flexibility index (Phi) is 5.51. The molecule has 2 rings (SSSR count). The summed E-state index contributed by atoms with van der Waals surface area (Å²) in [6.07, 6.45) is 0. The van der Waals surface area contributed by atoms with E-state index in [1.54, 1.807) is 25.1 Å². The standard InChI is InChI=1S/C19H22N2O4S/c1-13-7-5-6-8-16(13)26(24,25)21-18(23)15-11-9-14(10-12-15)17(22)20-19(2,3)4/h5-12H,1-4H3,(H,20,22)(H,21,23). The quantitative estimate of drug-likeness (QED) is 0.860. The molecule has 7 heteroatoms. The lowest BCUT2D eigenvalue weighted by Crippen LogP contribution is -2.40. The molecule has 0 atom stereocenters. The molecule has 0 aromatic heterocycles. The third kappa shape index (κ3) is 4.92. The van der Waals surface area contributed by atoms with E-state index in [0.29, 0.717) is 11.1 Å². The van der Waals surface area contributed by atoms with Gasteiger partial charge in [0.2, 0.25) is 0 Å². The van der Waals surface area contributed by atoms with Crippen molar-refractivity contribution in [2.75, 3.05) is 0 Å². The molecule has 2 amide bonds. The molecule has 0 radical (unpaired) electrons. The Morgan fingerprint density at radius 3 is 1.85 bits per heavy atom. The number of nitrogens with one attached hydrogen (secondary N) is 2. The van der Waals surface area contributed by atoms with Crippen LogP contribution in [0.3, 0.4) is 0 Å². The van der Waals surface area contributed by atoms with Gasteiger partial charge in [0, 0.05) is 16.7 Å². The van der Waals surface area contributed by atoms with Crippen LogP contribution in [0.15, 0.2) is 53.4 Å². The fourth-order valence-corrected chi connectivity index (χ4v) is 3.50. The zero-order valence-corrected chi connectivity index (χ0v) is 16.0. The maximum atomic E-state index is 12.4. The van der Waals surface area contributed by atoms with Gasteiger partial charge in [-0.3, -0.25) is 9.59 Å². The van der Waals surface area contributed by atoms with Gasteiger partial charge in [0.05, 0.1) is 4.90 Å². The minimum Gasteiger partial charge on any atom is -0.347 e. The molecule has 0 aliphatic carbocycles. The third-order valence-corrected chi connectivity index (χ3v) is 5.00. The lowest BCUT2D eigenvalue weighted by atomic mass is 10.1. The van der Waals surface area contributed by atoms with E-state index < -0.39 is 15.9 Å². The second-order valence-electron chi connectivity index (χ2n) is 6.98. The van der Waals surface area contributed by atoms with Crippen molar-refractivity contribution < 1.29 is 18.0 Å². The molecule has 2 aromatic rings. The molecule has 6 nitrogen and oxygen atoms in total. The van der Waals surface area contributed by atoms with Gasteiger partial charge in [0.25, 0.3) is 21.8 Å². The lowest BCUT2D eigenvalue weighted by Gasteiger charge is -2.20. The van der Waals surface area contributed by atoms with E-state index in [1.807, 2.05) is 25.5 Å². The second-order valence-corrected chi connectivity index (χ2v) is 8.63. The Bertz CT molecular complexity index is 927. The van der Waals surface area contributed by atoms with Crippen molar-refractivity contribution in [1.29, 1.82) is 0 Å². The fraction of sp³-hybridized carbons (Fsp3) is 0.263. The summed E-state index contributed by atoms with van der Waals surface area (Å²) < 4.78 is 26.8. The van der Waals surface area contributed by atoms with E-state index in [4.69, 9.17) is 0 Å². The van der Waals surface area contributed by atoms with Crippen LogP contribution in [-0.2, 0) is 10.0 Å². The van der Waals surface area contributed by atoms with E-state index in [9.17, 15) is 18.0 Å². The molecule has 0 saturated heterocycles. The zero-order valence-electron chi connectivity index (χ0n) is 15.2. The van der Waals surface area contributed by atoms with Gasteiger partial charge >= 0.3 is 0 Å². The first kappa shape index (κ1) is 19.7. The summed E-state index contributed by atoms with van der Waals surface area (Å²) in [5, 5.41) is 2.81. The number of carbonyl (C=O) groups is 2. The Labute approximate surface area is 153 Å². The van der Waals surface area contributed by atoms with Crippen molar-refractivity contribution in [1.82, 2.24) is 10.0 Å². The van der Waals surface area contributed by atoms with Crippen LogP contribution in [0.1, 0.15) is 47.1 Å². The molecule has 138 valence electrons. The van der Waals surface area contributed by atoms with Gasteiger partial charge in [-0.05, 0) is 63.6 Å². The number of benzene rings is 2. The molecule has 0 bridgehead atoms. The van der Waals surface area contributed by atoms with Crippen LogP contribution in [0.25, 0.3) is 0 Å². The Morgan fingerprint density at radius 1 is 0.846 bits per heavy atom. The monoisotopic (exact) mass is 374 g/mol. The molecule has 26 heavy (non-hydrogen) atoms. The van der Waals surface area contributed by atoms with Crippen LogP contribution in [0.2, 0.25) is 0 Å². The van der Waals surface area contributed by atoms with E-state index >= 15 is 0 Å². The average Bonchev–Trinajstić information content (AvgIpc) is 2.53. The van der Waals surface area contributed by atoms with Crippen LogP contribution in [0.5, 0.6) is 0 Å². The zero-order chi connectivity index (χ0) is 19.5. The molecule has 0 fully saturated rings. The van der Waals surface area contributed by atoms with Crippen molar-refractivity contribution in [3.05, 3.63) is 65.2 Å². The predicted octanol–water partition coefficient (Wildman–Crippen LogP) is 2.64. The normalized spacial score (nSPS) is 11.7. The summed E-state index contributed by atoms with van der Waals surface area (Å²) in [5.74, 6) is -1.02. The van der Waals surface area contributed by atoms with Crippen LogP contribution >= 0.6 is 0 Å². The highest BCUT2D eigenvalue weighted by Crippen LogP contribution is 2.15. The van der Waals surface area contributed by atoms with Gasteiger partial charge in [-0.1, -0.05) is 18.2 Å². The van der Waals surface area contributed by atoms with Crippen molar-refractivity contribution in [3.63, 3.8) is 0 Å².